The summed E-state index contributed by atoms with van der Waals surface area (Å²) in [7, 11) is 0. The second-order valence-electron chi connectivity index (χ2n) is 8.34. The van der Waals surface area contributed by atoms with Crippen molar-refractivity contribution in [2.24, 2.45) is 0 Å². The zero-order valence-corrected chi connectivity index (χ0v) is 20.5. The molecule has 37 heavy (non-hydrogen) atoms. The lowest BCUT2D eigenvalue weighted by molar-refractivity contribution is 0.102. The molecule has 0 radical (unpaired) electrons. The Hall–Kier alpha value is -4.87. The molecule has 8 nitrogen and oxygen atoms in total. The number of fused-ring (bicyclic) bond motifs is 1. The maximum absolute atomic E-state index is 12.6. The number of rotatable bonds is 6. The lowest BCUT2D eigenvalue weighted by Crippen LogP contribution is -2.13. The number of halogens is 1. The van der Waals surface area contributed by atoms with E-state index in [-0.39, 0.29) is 28.9 Å². The summed E-state index contributed by atoms with van der Waals surface area (Å²) in [4.78, 5) is 17.3. The number of carbonyl (C=O) groups is 1. The molecule has 0 saturated carbocycles. The van der Waals surface area contributed by atoms with Gasteiger partial charge in [-0.25, -0.2) is 4.98 Å². The van der Waals surface area contributed by atoms with Gasteiger partial charge in [-0.2, -0.15) is 15.0 Å². The minimum atomic E-state index is -0.375. The predicted octanol–water partition coefficient (Wildman–Crippen LogP) is 5.82. The van der Waals surface area contributed by atoms with E-state index < -0.39 is 0 Å². The fraction of sp³-hybridized carbons (Fsp3) is 0.0714. The van der Waals surface area contributed by atoms with Crippen LogP contribution < -0.4 is 10.6 Å². The summed E-state index contributed by atoms with van der Waals surface area (Å²) in [6.07, 6.45) is 0. The van der Waals surface area contributed by atoms with Crippen molar-refractivity contribution in [3.05, 3.63) is 106 Å². The molecule has 0 aliphatic rings. The number of anilines is 2. The van der Waals surface area contributed by atoms with Crippen LogP contribution in [0.3, 0.4) is 0 Å². The van der Waals surface area contributed by atoms with E-state index >= 15 is 0 Å². The quantitative estimate of drug-likeness (QED) is 0.249. The highest BCUT2D eigenvalue weighted by Gasteiger charge is 2.18. The van der Waals surface area contributed by atoms with Crippen LogP contribution in [-0.4, -0.2) is 25.8 Å². The number of nitrogens with one attached hydrogen (secondary N) is 2. The van der Waals surface area contributed by atoms with Crippen LogP contribution in [0.25, 0.3) is 16.7 Å². The number of hydrogen-bond acceptors (Lipinski definition) is 6. The number of phenolic OH excluding ortho intramolecular Hbond substituents is 1. The number of aromatic hydroxyl groups is 1. The second kappa shape index (κ2) is 10.0. The van der Waals surface area contributed by atoms with Gasteiger partial charge in [-0.1, -0.05) is 48.0 Å². The fourth-order valence-corrected chi connectivity index (χ4v) is 4.23. The van der Waals surface area contributed by atoms with E-state index in [0.29, 0.717) is 34.0 Å². The van der Waals surface area contributed by atoms with E-state index in [1.807, 2.05) is 42.5 Å². The Bertz CT molecular complexity index is 1670. The van der Waals surface area contributed by atoms with Crippen LogP contribution in [0, 0.1) is 18.3 Å². The normalized spacial score (nSPS) is 10.7. The number of amides is 1. The molecule has 2 heterocycles. The third-order valence-electron chi connectivity index (χ3n) is 5.84. The average Bonchev–Trinajstić information content (AvgIpc) is 3.25. The van der Waals surface area contributed by atoms with Crippen molar-refractivity contribution in [3.8, 4) is 17.6 Å². The Labute approximate surface area is 217 Å². The molecule has 0 fully saturated rings. The number of pyridine rings is 1. The summed E-state index contributed by atoms with van der Waals surface area (Å²) in [5, 5.41) is 31.8. The number of phenols is 1. The predicted molar refractivity (Wildman–Crippen MR) is 143 cm³/mol. The Morgan fingerprint density at radius 2 is 1.84 bits per heavy atom. The molecule has 0 bridgehead atoms. The largest absolute Gasteiger partial charge is 0.504 e. The second-order valence-corrected chi connectivity index (χ2v) is 8.75. The summed E-state index contributed by atoms with van der Waals surface area (Å²) in [6.45, 7) is 2.00. The van der Waals surface area contributed by atoms with Crippen molar-refractivity contribution in [1.29, 1.82) is 5.26 Å². The highest BCUT2D eigenvalue weighted by molar-refractivity contribution is 6.32. The molecular weight excluding hydrogens is 488 g/mol. The highest BCUT2D eigenvalue weighted by Crippen LogP contribution is 2.34. The fourth-order valence-electron chi connectivity index (χ4n) is 3.99. The van der Waals surface area contributed by atoms with E-state index in [9.17, 15) is 15.2 Å². The van der Waals surface area contributed by atoms with Gasteiger partial charge in [-0.3, -0.25) is 4.79 Å². The van der Waals surface area contributed by atoms with Gasteiger partial charge in [0.15, 0.2) is 11.6 Å². The lowest BCUT2D eigenvalue weighted by Gasteiger charge is -2.14. The van der Waals surface area contributed by atoms with Crippen LogP contribution >= 0.6 is 11.6 Å². The number of benzene rings is 3. The van der Waals surface area contributed by atoms with Crippen LogP contribution in [0.15, 0.2) is 78.9 Å². The van der Waals surface area contributed by atoms with Gasteiger partial charge in [0.05, 0.1) is 21.9 Å². The molecule has 2 aromatic heterocycles. The lowest BCUT2D eigenvalue weighted by atomic mass is 10.1. The third kappa shape index (κ3) is 4.81. The molecule has 1 amide bonds. The van der Waals surface area contributed by atoms with Crippen molar-refractivity contribution in [2.45, 2.75) is 13.5 Å². The third-order valence-corrected chi connectivity index (χ3v) is 6.13. The SMILES string of the molecule is Cc1nn(-c2ccc3ccccc3n2)c(NCc2cc(Cl)c(O)c(NC(=O)c3ccccc3)c2)c1C#N. The van der Waals surface area contributed by atoms with Crippen molar-refractivity contribution >= 4 is 39.9 Å². The van der Waals surface area contributed by atoms with Gasteiger partial charge in [0.25, 0.3) is 5.91 Å². The molecule has 3 N–H and O–H groups in total. The number of hydrogen-bond donors (Lipinski definition) is 3. The van der Waals surface area contributed by atoms with Crippen molar-refractivity contribution < 1.29 is 9.90 Å². The average molecular weight is 509 g/mol. The number of carbonyl (C=O) groups excluding carboxylic acids is 1. The molecule has 9 heteroatoms. The Balaban J connectivity index is 1.45. The van der Waals surface area contributed by atoms with Crippen molar-refractivity contribution in [2.75, 3.05) is 10.6 Å². The monoisotopic (exact) mass is 508 g/mol. The number of nitrogens with zero attached hydrogens (tertiary/aromatic N) is 4. The first-order valence-electron chi connectivity index (χ1n) is 11.4. The van der Waals surface area contributed by atoms with Crippen LogP contribution in [0.4, 0.5) is 11.5 Å². The molecule has 182 valence electrons. The van der Waals surface area contributed by atoms with Gasteiger partial charge < -0.3 is 15.7 Å². The number of nitriles is 1. The number of aromatic nitrogens is 3. The minimum Gasteiger partial charge on any atom is -0.504 e. The summed E-state index contributed by atoms with van der Waals surface area (Å²) < 4.78 is 1.60. The van der Waals surface area contributed by atoms with E-state index in [1.54, 1.807) is 48.0 Å². The summed E-state index contributed by atoms with van der Waals surface area (Å²) >= 11 is 6.27. The van der Waals surface area contributed by atoms with Crippen LogP contribution in [-0.2, 0) is 6.54 Å². The number of para-hydroxylation sites is 1. The van der Waals surface area contributed by atoms with Crippen LogP contribution in [0.1, 0.15) is 27.2 Å². The molecule has 5 aromatic rings. The molecule has 0 aliphatic carbocycles. The van der Waals surface area contributed by atoms with E-state index in [4.69, 9.17) is 16.6 Å². The van der Waals surface area contributed by atoms with E-state index in [2.05, 4.69) is 21.8 Å². The summed E-state index contributed by atoms with van der Waals surface area (Å²) in [5.41, 5.74) is 3.05. The first-order chi connectivity index (χ1) is 17.9. The highest BCUT2D eigenvalue weighted by atomic mass is 35.5. The number of aryl methyl sites for hydroxylation is 1. The summed E-state index contributed by atoms with van der Waals surface area (Å²) in [5.74, 6) is 0.431. The molecule has 3 aromatic carbocycles. The summed E-state index contributed by atoms with van der Waals surface area (Å²) in [6, 6.07) is 25.6. The molecule has 0 spiro atoms. The Morgan fingerprint density at radius 3 is 2.62 bits per heavy atom. The first-order valence-corrected chi connectivity index (χ1v) is 11.8. The van der Waals surface area contributed by atoms with Gasteiger partial charge >= 0.3 is 0 Å². The zero-order valence-electron chi connectivity index (χ0n) is 19.7. The van der Waals surface area contributed by atoms with Gasteiger partial charge in [-0.05, 0) is 55.0 Å². The molecule has 0 unspecified atom stereocenters. The standard InChI is InChI=1S/C28H21ClN6O2/c1-17-21(15-30)27(35(34-17)25-12-11-19-7-5-6-10-23(19)32-25)31-16-18-13-22(29)26(36)24(14-18)33-28(37)20-8-3-2-4-9-20/h2-14,31,36H,16H2,1H3,(H,33,37). The topological polar surface area (TPSA) is 116 Å². The molecule has 0 saturated heterocycles. The Morgan fingerprint density at radius 1 is 1.08 bits per heavy atom. The van der Waals surface area contributed by atoms with Gasteiger partial charge in [0.1, 0.15) is 17.5 Å². The first kappa shape index (κ1) is 23.9. The molecular formula is C28H21ClN6O2. The zero-order chi connectivity index (χ0) is 25.9. The van der Waals surface area contributed by atoms with Crippen LogP contribution in [0.2, 0.25) is 5.02 Å². The maximum Gasteiger partial charge on any atom is 0.255 e. The minimum absolute atomic E-state index is 0.0871. The van der Waals surface area contributed by atoms with Crippen LogP contribution in [0.5, 0.6) is 5.75 Å². The van der Waals surface area contributed by atoms with Crippen molar-refractivity contribution in [1.82, 2.24) is 14.8 Å². The van der Waals surface area contributed by atoms with Gasteiger partial charge in [0.2, 0.25) is 0 Å². The smallest absolute Gasteiger partial charge is 0.255 e. The van der Waals surface area contributed by atoms with E-state index in [1.165, 1.54) is 0 Å². The molecule has 5 rings (SSSR count). The van der Waals surface area contributed by atoms with E-state index in [0.717, 1.165) is 10.9 Å². The molecule has 0 aliphatic heterocycles. The maximum atomic E-state index is 12.6. The van der Waals surface area contributed by atoms with Gasteiger partial charge in [0, 0.05) is 17.5 Å². The Kier molecular flexibility index (Phi) is 6.45. The van der Waals surface area contributed by atoms with Crippen molar-refractivity contribution in [3.63, 3.8) is 0 Å². The van der Waals surface area contributed by atoms with Gasteiger partial charge in [-0.15, -0.1) is 0 Å². The molecule has 0 atom stereocenters.